The second-order valence-corrected chi connectivity index (χ2v) is 7.12. The molecule has 7 nitrogen and oxygen atoms in total. The van der Waals surface area contributed by atoms with Crippen LogP contribution in [0.4, 0.5) is 0 Å². The Labute approximate surface area is 162 Å². The lowest BCUT2D eigenvalue weighted by molar-refractivity contribution is -0.189. The maximum absolute atomic E-state index is 11.9. The fourth-order valence-electron chi connectivity index (χ4n) is 3.25. The molecule has 2 atom stereocenters. The van der Waals surface area contributed by atoms with Gasteiger partial charge in [0.15, 0.2) is 5.60 Å². The van der Waals surface area contributed by atoms with Gasteiger partial charge in [0.05, 0.1) is 12.3 Å². The smallest absolute Gasteiger partial charge is 0.337 e. The van der Waals surface area contributed by atoms with Crippen molar-refractivity contribution in [1.82, 2.24) is 0 Å². The lowest BCUT2D eigenvalue weighted by atomic mass is 9.80. The van der Waals surface area contributed by atoms with Gasteiger partial charge in [-0.05, 0) is 12.8 Å². The van der Waals surface area contributed by atoms with Gasteiger partial charge in [-0.25, -0.2) is 4.79 Å². The molecular formula is C20H36O7. The van der Waals surface area contributed by atoms with Gasteiger partial charge in [-0.3, -0.25) is 9.59 Å². The zero-order chi connectivity index (χ0) is 20.7. The van der Waals surface area contributed by atoms with Gasteiger partial charge in [0.2, 0.25) is 0 Å². The Morgan fingerprint density at radius 1 is 0.815 bits per heavy atom. The number of carbonyl (C=O) groups is 3. The summed E-state index contributed by atoms with van der Waals surface area (Å²) < 4.78 is 5.48. The molecule has 3 N–H and O–H groups in total. The fraction of sp³-hybridized carbons (Fsp3) is 0.850. The van der Waals surface area contributed by atoms with Gasteiger partial charge in [0.25, 0.3) is 0 Å². The van der Waals surface area contributed by atoms with Crippen LogP contribution in [0.2, 0.25) is 0 Å². The Morgan fingerprint density at radius 3 is 1.81 bits per heavy atom. The average molecular weight is 389 g/mol. The molecule has 0 saturated heterocycles. The molecule has 0 bridgehead atoms. The van der Waals surface area contributed by atoms with Crippen molar-refractivity contribution in [3.05, 3.63) is 0 Å². The molecule has 0 aliphatic carbocycles. The zero-order valence-electron chi connectivity index (χ0n) is 16.7. The van der Waals surface area contributed by atoms with Crippen molar-refractivity contribution >= 4 is 17.9 Å². The SMILES string of the molecule is CCCCCCCCCC(C(=O)O)C(CC(=O)O)(OCCCCC)C(=O)O. The topological polar surface area (TPSA) is 121 Å². The zero-order valence-corrected chi connectivity index (χ0v) is 16.7. The molecule has 0 radical (unpaired) electrons. The van der Waals surface area contributed by atoms with Gasteiger partial charge in [0.1, 0.15) is 0 Å². The maximum atomic E-state index is 11.9. The van der Waals surface area contributed by atoms with E-state index in [-0.39, 0.29) is 13.0 Å². The van der Waals surface area contributed by atoms with E-state index in [1.807, 2.05) is 6.92 Å². The van der Waals surface area contributed by atoms with E-state index in [4.69, 9.17) is 4.74 Å². The Hall–Kier alpha value is -1.63. The third-order valence-corrected chi connectivity index (χ3v) is 4.84. The molecular weight excluding hydrogens is 352 g/mol. The number of hydrogen-bond acceptors (Lipinski definition) is 4. The maximum Gasteiger partial charge on any atom is 0.337 e. The summed E-state index contributed by atoms with van der Waals surface area (Å²) in [6.07, 6.45) is 8.31. The van der Waals surface area contributed by atoms with Crippen LogP contribution in [0, 0.1) is 5.92 Å². The lowest BCUT2D eigenvalue weighted by Crippen LogP contribution is -2.53. The summed E-state index contributed by atoms with van der Waals surface area (Å²) in [6, 6.07) is 0. The molecule has 0 fully saturated rings. The molecule has 0 aliphatic rings. The summed E-state index contributed by atoms with van der Waals surface area (Å²) in [5.74, 6) is -5.60. The molecule has 0 aromatic carbocycles. The molecule has 158 valence electrons. The van der Waals surface area contributed by atoms with Crippen LogP contribution in [0.5, 0.6) is 0 Å². The summed E-state index contributed by atoms with van der Waals surface area (Å²) in [5.41, 5.74) is -2.23. The summed E-state index contributed by atoms with van der Waals surface area (Å²) in [5, 5.41) is 28.5. The molecule has 7 heteroatoms. The summed E-state index contributed by atoms with van der Waals surface area (Å²) in [6.45, 7) is 4.14. The predicted octanol–water partition coefficient (Wildman–Crippen LogP) is 4.33. The summed E-state index contributed by atoms with van der Waals surface area (Å²) in [4.78, 5) is 35.0. The van der Waals surface area contributed by atoms with Crippen LogP contribution in [0.1, 0.15) is 90.9 Å². The number of carboxylic acids is 3. The van der Waals surface area contributed by atoms with Gasteiger partial charge in [0, 0.05) is 6.61 Å². The van der Waals surface area contributed by atoms with Gasteiger partial charge in [-0.15, -0.1) is 0 Å². The van der Waals surface area contributed by atoms with Gasteiger partial charge >= 0.3 is 17.9 Å². The number of unbranched alkanes of at least 4 members (excludes halogenated alkanes) is 8. The highest BCUT2D eigenvalue weighted by Gasteiger charge is 2.52. The second kappa shape index (κ2) is 14.4. The number of aliphatic carboxylic acids is 3. The van der Waals surface area contributed by atoms with E-state index in [2.05, 4.69) is 6.92 Å². The molecule has 0 saturated carbocycles. The molecule has 0 heterocycles. The van der Waals surface area contributed by atoms with E-state index in [9.17, 15) is 29.7 Å². The minimum absolute atomic E-state index is 0.0359. The molecule has 0 aromatic heterocycles. The summed E-state index contributed by atoms with van der Waals surface area (Å²) >= 11 is 0. The highest BCUT2D eigenvalue weighted by molar-refractivity contribution is 5.90. The second-order valence-electron chi connectivity index (χ2n) is 7.12. The first-order valence-electron chi connectivity index (χ1n) is 10.1. The Balaban J connectivity index is 5.05. The van der Waals surface area contributed by atoms with Crippen LogP contribution in [-0.2, 0) is 19.1 Å². The van der Waals surface area contributed by atoms with E-state index in [0.29, 0.717) is 12.8 Å². The van der Waals surface area contributed by atoms with Crippen LogP contribution in [-0.4, -0.2) is 45.4 Å². The Morgan fingerprint density at radius 2 is 1.33 bits per heavy atom. The van der Waals surface area contributed by atoms with Crippen LogP contribution in [0.15, 0.2) is 0 Å². The summed E-state index contributed by atoms with van der Waals surface area (Å²) in [7, 11) is 0. The van der Waals surface area contributed by atoms with Crippen LogP contribution < -0.4 is 0 Å². The predicted molar refractivity (Wildman–Crippen MR) is 102 cm³/mol. The van der Waals surface area contributed by atoms with Crippen molar-refractivity contribution in [3.8, 4) is 0 Å². The number of rotatable bonds is 18. The Kier molecular flexibility index (Phi) is 13.6. The minimum Gasteiger partial charge on any atom is -0.481 e. The first-order chi connectivity index (χ1) is 12.8. The molecule has 0 amide bonds. The van der Waals surface area contributed by atoms with Crippen LogP contribution in [0.25, 0.3) is 0 Å². The largest absolute Gasteiger partial charge is 0.481 e. The van der Waals surface area contributed by atoms with E-state index in [1.54, 1.807) is 0 Å². The number of ether oxygens (including phenoxy) is 1. The average Bonchev–Trinajstić information content (AvgIpc) is 2.59. The molecule has 0 spiro atoms. The highest BCUT2D eigenvalue weighted by atomic mass is 16.5. The van der Waals surface area contributed by atoms with Gasteiger partial charge in [-0.2, -0.15) is 0 Å². The van der Waals surface area contributed by atoms with Crippen molar-refractivity contribution in [2.24, 2.45) is 5.92 Å². The first kappa shape index (κ1) is 25.4. The normalized spacial score (nSPS) is 14.4. The molecule has 27 heavy (non-hydrogen) atoms. The van der Waals surface area contributed by atoms with Crippen molar-refractivity contribution < 1.29 is 34.4 Å². The monoisotopic (exact) mass is 388 g/mol. The number of carboxylic acid groups (broad SMARTS) is 3. The lowest BCUT2D eigenvalue weighted by Gasteiger charge is -2.33. The van der Waals surface area contributed by atoms with Crippen molar-refractivity contribution in [2.75, 3.05) is 6.61 Å². The van der Waals surface area contributed by atoms with Crippen molar-refractivity contribution in [1.29, 1.82) is 0 Å². The van der Waals surface area contributed by atoms with Gasteiger partial charge < -0.3 is 20.1 Å². The molecule has 2 unspecified atom stereocenters. The van der Waals surface area contributed by atoms with E-state index in [0.717, 1.165) is 44.9 Å². The molecule has 0 aliphatic heterocycles. The van der Waals surface area contributed by atoms with E-state index >= 15 is 0 Å². The van der Waals surface area contributed by atoms with Gasteiger partial charge in [-0.1, -0.05) is 71.6 Å². The standard InChI is InChI=1S/C20H36O7/c1-3-5-7-8-9-10-11-13-16(18(23)24)20(19(25)26,15-17(21)22)27-14-12-6-4-2/h16H,3-15H2,1-2H3,(H,21,22)(H,23,24)(H,25,26). The van der Waals surface area contributed by atoms with E-state index < -0.39 is 35.8 Å². The van der Waals surface area contributed by atoms with Crippen molar-refractivity contribution in [2.45, 2.75) is 96.5 Å². The quantitative estimate of drug-likeness (QED) is 0.299. The highest BCUT2D eigenvalue weighted by Crippen LogP contribution is 2.32. The first-order valence-corrected chi connectivity index (χ1v) is 10.1. The molecule has 0 rings (SSSR count). The van der Waals surface area contributed by atoms with Crippen LogP contribution in [0.3, 0.4) is 0 Å². The third-order valence-electron chi connectivity index (χ3n) is 4.84. The molecule has 0 aromatic rings. The minimum atomic E-state index is -2.23. The van der Waals surface area contributed by atoms with Crippen LogP contribution >= 0.6 is 0 Å². The number of hydrogen-bond donors (Lipinski definition) is 3. The van der Waals surface area contributed by atoms with E-state index in [1.165, 1.54) is 6.42 Å². The fourth-order valence-corrected chi connectivity index (χ4v) is 3.25. The Bertz CT molecular complexity index is 450. The third kappa shape index (κ3) is 9.75. The van der Waals surface area contributed by atoms with Crippen molar-refractivity contribution in [3.63, 3.8) is 0 Å².